The van der Waals surface area contributed by atoms with Crippen LogP contribution in [0.3, 0.4) is 0 Å². The molecule has 4 nitrogen and oxygen atoms in total. The largest absolute Gasteiger partial charge is 0.388 e. The van der Waals surface area contributed by atoms with E-state index >= 15 is 0 Å². The van der Waals surface area contributed by atoms with Crippen LogP contribution in [0.4, 0.5) is 5.13 Å². The first-order valence-electron chi connectivity index (χ1n) is 7.24. The number of aromatic nitrogens is 1. The minimum Gasteiger partial charge on any atom is -0.388 e. The molecule has 2 aliphatic rings. The molecule has 1 aliphatic carbocycles. The average molecular weight is 281 g/mol. The Labute approximate surface area is 119 Å². The summed E-state index contributed by atoms with van der Waals surface area (Å²) in [4.78, 5) is 10.6. The quantitative estimate of drug-likeness (QED) is 0.900. The molecule has 1 aromatic rings. The summed E-state index contributed by atoms with van der Waals surface area (Å²) in [5, 5.41) is 11.1. The molecule has 2 heterocycles. The summed E-state index contributed by atoms with van der Waals surface area (Å²) in [5.74, 6) is 0. The van der Waals surface area contributed by atoms with Crippen LogP contribution in [0.1, 0.15) is 42.4 Å². The van der Waals surface area contributed by atoms with Crippen LogP contribution in [-0.4, -0.2) is 48.2 Å². The Kier molecular flexibility index (Phi) is 3.78. The maximum Gasteiger partial charge on any atom is 0.185 e. The summed E-state index contributed by atoms with van der Waals surface area (Å²) in [6.45, 7) is 2.32. The van der Waals surface area contributed by atoms with Gasteiger partial charge in [0, 0.05) is 19.6 Å². The second-order valence-corrected chi connectivity index (χ2v) is 6.89. The van der Waals surface area contributed by atoms with Crippen molar-refractivity contribution in [2.24, 2.45) is 0 Å². The normalized spacial score (nSPS) is 28.2. The fourth-order valence-electron chi connectivity index (χ4n) is 3.15. The fraction of sp³-hybridized carbons (Fsp3) is 0.786. The van der Waals surface area contributed by atoms with Crippen molar-refractivity contribution in [1.82, 2.24) is 9.88 Å². The Morgan fingerprint density at radius 3 is 2.95 bits per heavy atom. The highest BCUT2D eigenvalue weighted by Crippen LogP contribution is 2.38. The molecular weight excluding hydrogens is 258 g/mol. The molecule has 1 saturated heterocycles. The van der Waals surface area contributed by atoms with Gasteiger partial charge in [0.2, 0.25) is 0 Å². The first-order chi connectivity index (χ1) is 9.15. The van der Waals surface area contributed by atoms with Crippen LogP contribution in [0.2, 0.25) is 0 Å². The summed E-state index contributed by atoms with van der Waals surface area (Å²) < 4.78 is 0. The lowest BCUT2D eigenvalue weighted by Crippen LogP contribution is -2.45. The lowest BCUT2D eigenvalue weighted by Gasteiger charge is -2.35. The summed E-state index contributed by atoms with van der Waals surface area (Å²) >= 11 is 1.69. The Balaban J connectivity index is 1.78. The number of likely N-dealkylation sites (N-methyl/N-ethyl adjacent to an activating group) is 2. The minimum atomic E-state index is -0.280. The monoisotopic (exact) mass is 281 g/mol. The Hall–Kier alpha value is -0.650. The van der Waals surface area contributed by atoms with Crippen LogP contribution in [0, 0.1) is 0 Å². The van der Waals surface area contributed by atoms with Gasteiger partial charge < -0.3 is 14.9 Å². The number of hydrogen-bond donors (Lipinski definition) is 1. The summed E-state index contributed by atoms with van der Waals surface area (Å²) in [5.41, 5.74) is 1.13. The van der Waals surface area contributed by atoms with Crippen molar-refractivity contribution in [3.8, 4) is 0 Å². The molecule has 0 radical (unpaired) electrons. The smallest absolute Gasteiger partial charge is 0.185 e. The molecule has 1 aromatic heterocycles. The number of aliphatic hydroxyl groups is 1. The number of hydrogen-bond acceptors (Lipinski definition) is 5. The zero-order chi connectivity index (χ0) is 13.4. The predicted octanol–water partition coefficient (Wildman–Crippen LogP) is 2.04. The number of thiazole rings is 1. The molecule has 0 spiro atoms. The van der Waals surface area contributed by atoms with Gasteiger partial charge in [-0.3, -0.25) is 0 Å². The maximum absolute atomic E-state index is 10.1. The average Bonchev–Trinajstić information content (AvgIpc) is 2.83. The molecule has 1 N–H and O–H groups in total. The molecule has 0 saturated carbocycles. The first kappa shape index (κ1) is 13.3. The summed E-state index contributed by atoms with van der Waals surface area (Å²) in [6, 6.07) is 0.559. The van der Waals surface area contributed by atoms with Crippen molar-refractivity contribution >= 4 is 16.5 Å². The zero-order valence-corrected chi connectivity index (χ0v) is 12.6. The second kappa shape index (κ2) is 5.38. The van der Waals surface area contributed by atoms with E-state index in [0.717, 1.165) is 41.5 Å². The number of anilines is 1. The number of piperidine rings is 1. The lowest BCUT2D eigenvalue weighted by molar-refractivity contribution is 0.160. The van der Waals surface area contributed by atoms with Crippen LogP contribution in [0.25, 0.3) is 0 Å². The summed E-state index contributed by atoms with van der Waals surface area (Å²) in [6.07, 6.45) is 5.21. The van der Waals surface area contributed by atoms with Gasteiger partial charge in [-0.25, -0.2) is 4.98 Å². The van der Waals surface area contributed by atoms with Crippen LogP contribution in [0.5, 0.6) is 0 Å². The number of likely N-dealkylation sites (tertiary alicyclic amines) is 1. The van der Waals surface area contributed by atoms with Gasteiger partial charge in [0.25, 0.3) is 0 Å². The van der Waals surface area contributed by atoms with E-state index in [9.17, 15) is 5.11 Å². The Bertz CT molecular complexity index is 448. The van der Waals surface area contributed by atoms with Gasteiger partial charge in [-0.2, -0.15) is 0 Å². The maximum atomic E-state index is 10.1. The second-order valence-electron chi connectivity index (χ2n) is 5.88. The van der Waals surface area contributed by atoms with Crippen LogP contribution < -0.4 is 4.90 Å². The van der Waals surface area contributed by atoms with Crippen molar-refractivity contribution in [3.05, 3.63) is 10.6 Å². The molecule has 1 fully saturated rings. The third-order valence-corrected chi connectivity index (χ3v) is 5.65. The molecule has 1 aliphatic heterocycles. The van der Waals surface area contributed by atoms with Crippen molar-refractivity contribution in [1.29, 1.82) is 0 Å². The highest BCUT2D eigenvalue weighted by Gasteiger charge is 2.27. The topological polar surface area (TPSA) is 39.6 Å². The predicted molar refractivity (Wildman–Crippen MR) is 78.9 cm³/mol. The van der Waals surface area contributed by atoms with E-state index in [0.29, 0.717) is 6.04 Å². The standard InChI is InChI=1S/C14H23N3OS/c1-16-8-4-5-10(9-16)17(2)14-15-11-6-3-7-12(18)13(11)19-14/h10,12,18H,3-9H2,1-2H3. The van der Waals surface area contributed by atoms with Crippen molar-refractivity contribution in [2.75, 3.05) is 32.1 Å². The van der Waals surface area contributed by atoms with Gasteiger partial charge in [-0.15, -0.1) is 0 Å². The molecule has 0 aromatic carbocycles. The van der Waals surface area contributed by atoms with Crippen molar-refractivity contribution in [3.63, 3.8) is 0 Å². The van der Waals surface area contributed by atoms with E-state index in [2.05, 4.69) is 23.9 Å². The van der Waals surface area contributed by atoms with Gasteiger partial charge in [-0.1, -0.05) is 11.3 Å². The van der Waals surface area contributed by atoms with Crippen LogP contribution in [-0.2, 0) is 6.42 Å². The van der Waals surface area contributed by atoms with E-state index in [-0.39, 0.29) is 6.10 Å². The molecular formula is C14H23N3OS. The van der Waals surface area contributed by atoms with Crippen LogP contribution in [0.15, 0.2) is 0 Å². The van der Waals surface area contributed by atoms with E-state index < -0.39 is 0 Å². The highest BCUT2D eigenvalue weighted by molar-refractivity contribution is 7.15. The fourth-order valence-corrected chi connectivity index (χ4v) is 4.31. The number of aryl methyl sites for hydroxylation is 1. The zero-order valence-electron chi connectivity index (χ0n) is 11.8. The molecule has 0 bridgehead atoms. The van der Waals surface area contributed by atoms with Gasteiger partial charge in [0.15, 0.2) is 5.13 Å². The molecule has 0 amide bonds. The molecule has 3 rings (SSSR count). The highest BCUT2D eigenvalue weighted by atomic mass is 32.1. The Morgan fingerprint density at radius 2 is 2.21 bits per heavy atom. The molecule has 5 heteroatoms. The van der Waals surface area contributed by atoms with Gasteiger partial charge in [-0.05, 0) is 45.7 Å². The number of rotatable bonds is 2. The minimum absolute atomic E-state index is 0.280. The lowest BCUT2D eigenvalue weighted by atomic mass is 10.0. The van der Waals surface area contributed by atoms with E-state index in [1.807, 2.05) is 0 Å². The van der Waals surface area contributed by atoms with Gasteiger partial charge in [0.05, 0.1) is 16.7 Å². The van der Waals surface area contributed by atoms with Gasteiger partial charge in [0.1, 0.15) is 0 Å². The van der Waals surface area contributed by atoms with Crippen molar-refractivity contribution < 1.29 is 5.11 Å². The van der Waals surface area contributed by atoms with Crippen LogP contribution >= 0.6 is 11.3 Å². The van der Waals surface area contributed by atoms with E-state index in [4.69, 9.17) is 4.98 Å². The third-order valence-electron chi connectivity index (χ3n) is 4.36. The molecule has 106 valence electrons. The SMILES string of the molecule is CN1CCCC(N(C)c2nc3c(s2)C(O)CCC3)C1. The number of fused-ring (bicyclic) bond motifs is 1. The Morgan fingerprint density at radius 1 is 1.37 bits per heavy atom. The summed E-state index contributed by atoms with van der Waals surface area (Å²) in [7, 11) is 4.34. The first-order valence-corrected chi connectivity index (χ1v) is 8.06. The number of nitrogens with zero attached hydrogens (tertiary/aromatic N) is 3. The molecule has 2 unspecified atom stereocenters. The molecule has 2 atom stereocenters. The van der Waals surface area contributed by atoms with E-state index in [1.54, 1.807) is 11.3 Å². The number of aliphatic hydroxyl groups excluding tert-OH is 1. The van der Waals surface area contributed by atoms with E-state index in [1.165, 1.54) is 19.4 Å². The third kappa shape index (κ3) is 2.64. The van der Waals surface area contributed by atoms with Gasteiger partial charge >= 0.3 is 0 Å². The van der Waals surface area contributed by atoms with Crippen molar-refractivity contribution in [2.45, 2.75) is 44.2 Å². The molecule has 19 heavy (non-hydrogen) atoms.